The van der Waals surface area contributed by atoms with Crippen LogP contribution >= 0.6 is 24.8 Å². The first-order chi connectivity index (χ1) is 16.7. The molecule has 3 aromatic carbocycles. The lowest BCUT2D eigenvalue weighted by Gasteiger charge is -2.36. The molecule has 0 unspecified atom stereocenters. The van der Waals surface area contributed by atoms with Gasteiger partial charge >= 0.3 is 0 Å². The first kappa shape index (κ1) is 29.3. The average molecular weight is 533 g/mol. The Morgan fingerprint density at radius 3 is 2.19 bits per heavy atom. The van der Waals surface area contributed by atoms with E-state index in [1.54, 1.807) is 7.11 Å². The lowest BCUT2D eigenvalue weighted by Crippen LogP contribution is -2.47. The summed E-state index contributed by atoms with van der Waals surface area (Å²) in [6.07, 6.45) is 0.910. The summed E-state index contributed by atoms with van der Waals surface area (Å²) in [6.45, 7) is 5.98. The number of piperazine rings is 1. The normalized spacial score (nSPS) is 13.2. The third-order valence-corrected chi connectivity index (χ3v) is 6.10. The average Bonchev–Trinajstić information content (AvgIpc) is 2.91. The Labute approximate surface area is 226 Å². The molecule has 1 heterocycles. The quantitative estimate of drug-likeness (QED) is 0.370. The van der Waals surface area contributed by atoms with E-state index in [9.17, 15) is 4.79 Å². The molecule has 8 heteroatoms. The lowest BCUT2D eigenvalue weighted by atomic mass is 10.2. The van der Waals surface area contributed by atoms with Crippen molar-refractivity contribution in [2.75, 3.05) is 51.3 Å². The van der Waals surface area contributed by atoms with Crippen molar-refractivity contribution >= 4 is 36.4 Å². The van der Waals surface area contributed by atoms with Gasteiger partial charge in [-0.3, -0.25) is 9.69 Å². The zero-order valence-electron chi connectivity index (χ0n) is 20.6. The summed E-state index contributed by atoms with van der Waals surface area (Å²) in [5.74, 6) is 1.44. The molecule has 4 rings (SSSR count). The van der Waals surface area contributed by atoms with Crippen LogP contribution in [0.2, 0.25) is 0 Å². The van der Waals surface area contributed by atoms with E-state index in [1.807, 2.05) is 66.7 Å². The van der Waals surface area contributed by atoms with Crippen LogP contribution in [0.5, 0.6) is 11.5 Å². The van der Waals surface area contributed by atoms with Gasteiger partial charge in [0, 0.05) is 32.7 Å². The summed E-state index contributed by atoms with van der Waals surface area (Å²) >= 11 is 0. The first-order valence-electron chi connectivity index (χ1n) is 11.9. The maximum absolute atomic E-state index is 12.8. The SMILES string of the molecule is COc1ccccc1N1CCN(CCCNC(=O)c2ccccc2OCc2ccccc2)CC1.Cl.Cl. The van der Waals surface area contributed by atoms with Crippen LogP contribution in [0.4, 0.5) is 5.69 Å². The molecule has 0 atom stereocenters. The maximum Gasteiger partial charge on any atom is 0.255 e. The topological polar surface area (TPSA) is 54.0 Å². The number of halogens is 2. The minimum Gasteiger partial charge on any atom is -0.495 e. The predicted octanol–water partition coefficient (Wildman–Crippen LogP) is 5.06. The number of amides is 1. The zero-order valence-corrected chi connectivity index (χ0v) is 22.2. The van der Waals surface area contributed by atoms with E-state index in [1.165, 1.54) is 0 Å². The fraction of sp³-hybridized carbons (Fsp3) is 0.321. The predicted molar refractivity (Wildman–Crippen MR) is 150 cm³/mol. The van der Waals surface area contributed by atoms with Gasteiger partial charge in [0.1, 0.15) is 18.1 Å². The van der Waals surface area contributed by atoms with Crippen molar-refractivity contribution < 1.29 is 14.3 Å². The van der Waals surface area contributed by atoms with Crippen LogP contribution in [-0.2, 0) is 6.61 Å². The van der Waals surface area contributed by atoms with Crippen LogP contribution in [0, 0.1) is 0 Å². The number of carbonyl (C=O) groups is 1. The molecule has 0 radical (unpaired) electrons. The van der Waals surface area contributed by atoms with E-state index in [0.29, 0.717) is 24.5 Å². The standard InChI is InChI=1S/C28H33N3O3.2ClH/c1-33-27-15-8-6-13-25(27)31-20-18-30(19-21-31)17-9-16-29-28(32)24-12-5-7-14-26(24)34-22-23-10-3-2-4-11-23;;/h2-8,10-15H,9,16-22H2,1H3,(H,29,32);2*1H. The molecule has 0 aliphatic carbocycles. The van der Waals surface area contributed by atoms with Gasteiger partial charge in [-0.25, -0.2) is 0 Å². The molecule has 3 aromatic rings. The molecule has 0 saturated carbocycles. The summed E-state index contributed by atoms with van der Waals surface area (Å²) in [5, 5.41) is 3.05. The fourth-order valence-corrected chi connectivity index (χ4v) is 4.22. The molecule has 36 heavy (non-hydrogen) atoms. The van der Waals surface area contributed by atoms with Crippen LogP contribution < -0.4 is 19.7 Å². The summed E-state index contributed by atoms with van der Waals surface area (Å²) in [5.41, 5.74) is 2.80. The minimum absolute atomic E-state index is 0. The van der Waals surface area contributed by atoms with E-state index in [4.69, 9.17) is 9.47 Å². The van der Waals surface area contributed by atoms with Crippen LogP contribution in [0.15, 0.2) is 78.9 Å². The Kier molecular flexibility index (Phi) is 12.4. The molecule has 0 bridgehead atoms. The number of rotatable bonds is 10. The number of benzene rings is 3. The van der Waals surface area contributed by atoms with Crippen LogP contribution in [-0.4, -0.2) is 57.2 Å². The van der Waals surface area contributed by atoms with Crippen molar-refractivity contribution in [3.05, 3.63) is 90.0 Å². The van der Waals surface area contributed by atoms with Crippen LogP contribution in [0.3, 0.4) is 0 Å². The second-order valence-corrected chi connectivity index (χ2v) is 8.38. The van der Waals surface area contributed by atoms with Gasteiger partial charge in [-0.1, -0.05) is 54.6 Å². The number of ether oxygens (including phenoxy) is 2. The van der Waals surface area contributed by atoms with Crippen molar-refractivity contribution in [3.63, 3.8) is 0 Å². The summed E-state index contributed by atoms with van der Waals surface area (Å²) < 4.78 is 11.4. The van der Waals surface area contributed by atoms with E-state index in [-0.39, 0.29) is 30.7 Å². The van der Waals surface area contributed by atoms with Gasteiger partial charge in [-0.15, -0.1) is 24.8 Å². The largest absolute Gasteiger partial charge is 0.495 e. The lowest BCUT2D eigenvalue weighted by molar-refractivity contribution is 0.0947. The Bertz CT molecular complexity index is 1060. The Morgan fingerprint density at radius 1 is 0.833 bits per heavy atom. The molecule has 1 saturated heterocycles. The van der Waals surface area contributed by atoms with Gasteiger partial charge < -0.3 is 19.7 Å². The highest BCUT2D eigenvalue weighted by Crippen LogP contribution is 2.28. The molecule has 0 aromatic heterocycles. The monoisotopic (exact) mass is 531 g/mol. The van der Waals surface area contributed by atoms with E-state index < -0.39 is 0 Å². The van der Waals surface area contributed by atoms with E-state index >= 15 is 0 Å². The summed E-state index contributed by atoms with van der Waals surface area (Å²) in [4.78, 5) is 17.6. The highest BCUT2D eigenvalue weighted by atomic mass is 35.5. The van der Waals surface area contributed by atoms with E-state index in [2.05, 4.69) is 27.2 Å². The van der Waals surface area contributed by atoms with Crippen LogP contribution in [0.25, 0.3) is 0 Å². The van der Waals surface area contributed by atoms with Crippen molar-refractivity contribution in [2.45, 2.75) is 13.0 Å². The van der Waals surface area contributed by atoms with E-state index in [0.717, 1.165) is 56.1 Å². The Hall–Kier alpha value is -2.93. The smallest absolute Gasteiger partial charge is 0.255 e. The number of hydrogen-bond acceptors (Lipinski definition) is 5. The number of anilines is 1. The number of carbonyl (C=O) groups excluding carboxylic acids is 1. The Morgan fingerprint density at radius 2 is 1.47 bits per heavy atom. The van der Waals surface area contributed by atoms with Crippen molar-refractivity contribution in [2.24, 2.45) is 0 Å². The van der Waals surface area contributed by atoms with Gasteiger partial charge in [0.05, 0.1) is 18.4 Å². The van der Waals surface area contributed by atoms with Crippen molar-refractivity contribution in [3.8, 4) is 11.5 Å². The second kappa shape index (κ2) is 15.2. The van der Waals surface area contributed by atoms with Gasteiger partial charge in [0.15, 0.2) is 0 Å². The molecule has 1 aliphatic heterocycles. The molecule has 0 spiro atoms. The fourth-order valence-electron chi connectivity index (χ4n) is 4.22. The third-order valence-electron chi connectivity index (χ3n) is 6.10. The molecular formula is C28H35Cl2N3O3. The third kappa shape index (κ3) is 8.05. The molecule has 1 aliphatic rings. The second-order valence-electron chi connectivity index (χ2n) is 8.38. The molecule has 1 amide bonds. The van der Waals surface area contributed by atoms with Crippen LogP contribution in [0.1, 0.15) is 22.3 Å². The highest BCUT2D eigenvalue weighted by molar-refractivity contribution is 5.96. The first-order valence-corrected chi connectivity index (χ1v) is 11.9. The van der Waals surface area contributed by atoms with Crippen molar-refractivity contribution in [1.82, 2.24) is 10.2 Å². The summed E-state index contributed by atoms with van der Waals surface area (Å²) in [7, 11) is 1.72. The number of hydrogen-bond donors (Lipinski definition) is 1. The van der Waals surface area contributed by atoms with Gasteiger partial charge in [-0.2, -0.15) is 0 Å². The van der Waals surface area contributed by atoms with Gasteiger partial charge in [-0.05, 0) is 42.8 Å². The number of nitrogens with zero attached hydrogens (tertiary/aromatic N) is 2. The van der Waals surface area contributed by atoms with Gasteiger partial charge in [0.2, 0.25) is 0 Å². The molecule has 6 nitrogen and oxygen atoms in total. The molecule has 194 valence electrons. The van der Waals surface area contributed by atoms with Gasteiger partial charge in [0.25, 0.3) is 5.91 Å². The number of methoxy groups -OCH3 is 1. The Balaban J connectivity index is 0.00000228. The zero-order chi connectivity index (χ0) is 23.6. The molecule has 1 N–H and O–H groups in total. The maximum atomic E-state index is 12.8. The van der Waals surface area contributed by atoms with Crippen molar-refractivity contribution in [1.29, 1.82) is 0 Å². The number of nitrogens with one attached hydrogen (secondary N) is 1. The summed E-state index contributed by atoms with van der Waals surface area (Å²) in [6, 6.07) is 25.6. The highest BCUT2D eigenvalue weighted by Gasteiger charge is 2.19. The minimum atomic E-state index is -0.0929. The number of para-hydroxylation sites is 3. The molecule has 1 fully saturated rings. The molecular weight excluding hydrogens is 497 g/mol.